The molecule has 4 heteroatoms. The predicted molar refractivity (Wildman–Crippen MR) is 69.8 cm³/mol. The van der Waals surface area contributed by atoms with Gasteiger partial charge in [-0.2, -0.15) is 0 Å². The van der Waals surface area contributed by atoms with Gasteiger partial charge >= 0.3 is 0 Å². The van der Waals surface area contributed by atoms with E-state index >= 15 is 0 Å². The molecule has 0 unspecified atom stereocenters. The van der Waals surface area contributed by atoms with E-state index in [0.29, 0.717) is 5.41 Å². The van der Waals surface area contributed by atoms with Crippen molar-refractivity contribution in [2.45, 2.75) is 57.4 Å². The van der Waals surface area contributed by atoms with E-state index in [9.17, 15) is 0 Å². The highest BCUT2D eigenvalue weighted by Crippen LogP contribution is 2.52. The largest absolute Gasteiger partial charge is 0.109 e. The zero-order valence-electron chi connectivity index (χ0n) is 10.00. The Labute approximate surface area is 100.0 Å². The van der Waals surface area contributed by atoms with Crippen LogP contribution in [0.2, 0.25) is 11.4 Å². The summed E-state index contributed by atoms with van der Waals surface area (Å²) in [5, 5.41) is 0. The minimum Gasteiger partial charge on any atom is -0.109 e. The van der Waals surface area contributed by atoms with E-state index in [1.807, 2.05) is 0 Å². The molecule has 0 aromatic heterocycles. The first-order valence-corrected chi connectivity index (χ1v) is 5.80. The van der Waals surface area contributed by atoms with Gasteiger partial charge in [-0.15, -0.1) is 11.4 Å². The van der Waals surface area contributed by atoms with Gasteiger partial charge in [-0.3, -0.25) is 0 Å². The first-order chi connectivity index (χ1) is 6.77. The third-order valence-electron chi connectivity index (χ3n) is 3.95. The van der Waals surface area contributed by atoms with Crippen LogP contribution < -0.4 is 0 Å². The van der Waals surface area contributed by atoms with E-state index in [4.69, 9.17) is 31.4 Å². The second-order valence-corrected chi connectivity index (χ2v) is 5.92. The molecule has 0 atom stereocenters. The number of rotatable bonds is 3. The summed E-state index contributed by atoms with van der Waals surface area (Å²) in [5.41, 5.74) is -0.232. The molecule has 0 aliphatic heterocycles. The summed E-state index contributed by atoms with van der Waals surface area (Å²) in [7, 11) is 23.2. The third-order valence-corrected chi connectivity index (χ3v) is 3.95. The van der Waals surface area contributed by atoms with Crippen molar-refractivity contribution >= 4 is 31.4 Å². The van der Waals surface area contributed by atoms with Crippen LogP contribution in [0.1, 0.15) is 46.0 Å². The van der Waals surface area contributed by atoms with Crippen LogP contribution in [0, 0.1) is 10.8 Å². The van der Waals surface area contributed by atoms with Crippen LogP contribution in [0.5, 0.6) is 0 Å². The molecule has 0 spiro atoms. The predicted octanol–water partition coefficient (Wildman–Crippen LogP) is 2.13. The SMILES string of the molecule is [B]C([B])CC1(C([B])[B])CCC(C)(C)CC1. The molecule has 0 saturated heterocycles. The summed E-state index contributed by atoms with van der Waals surface area (Å²) in [6.45, 7) is 4.59. The van der Waals surface area contributed by atoms with Crippen LogP contribution in [-0.4, -0.2) is 31.4 Å². The first-order valence-electron chi connectivity index (χ1n) is 5.80. The molecule has 0 nitrogen and oxygen atoms in total. The maximum Gasteiger partial charge on any atom is 0.0582 e. The van der Waals surface area contributed by atoms with Crippen LogP contribution >= 0.6 is 0 Å². The highest BCUT2D eigenvalue weighted by atomic mass is 14.4. The van der Waals surface area contributed by atoms with Crippen molar-refractivity contribution in [1.29, 1.82) is 0 Å². The molecule has 8 radical (unpaired) electrons. The summed E-state index contributed by atoms with van der Waals surface area (Å²) >= 11 is 0. The van der Waals surface area contributed by atoms with E-state index in [1.165, 1.54) is 0 Å². The van der Waals surface area contributed by atoms with E-state index in [0.717, 1.165) is 32.1 Å². The Balaban J connectivity index is 2.69. The highest BCUT2D eigenvalue weighted by molar-refractivity contribution is 6.37. The van der Waals surface area contributed by atoms with E-state index in [2.05, 4.69) is 13.8 Å². The fourth-order valence-corrected chi connectivity index (χ4v) is 2.57. The number of hydrogen-bond donors (Lipinski definition) is 0. The number of hydrogen-bond acceptors (Lipinski definition) is 0. The van der Waals surface area contributed by atoms with Crippen molar-refractivity contribution in [3.63, 3.8) is 0 Å². The maximum absolute atomic E-state index is 5.91. The molecule has 0 aromatic rings. The lowest BCUT2D eigenvalue weighted by Crippen LogP contribution is -2.36. The Morgan fingerprint density at radius 2 is 1.40 bits per heavy atom. The normalized spacial score (nSPS) is 24.5. The Morgan fingerprint density at radius 1 is 0.933 bits per heavy atom. The standard InChI is InChI=1S/C11H18B4/c1-10(2)3-5-11(6-4-10,9(14)15)7-8(12)13/h8-9H,3-7H2,1-2H3. The van der Waals surface area contributed by atoms with Gasteiger partial charge in [0.1, 0.15) is 0 Å². The molecule has 1 rings (SSSR count). The van der Waals surface area contributed by atoms with Gasteiger partial charge in [0.15, 0.2) is 0 Å². The summed E-state index contributed by atoms with van der Waals surface area (Å²) in [5.74, 6) is 0. The fraction of sp³-hybridized carbons (Fsp3) is 1.00. The van der Waals surface area contributed by atoms with Gasteiger partial charge in [0, 0.05) is 0 Å². The molecule has 0 bridgehead atoms. The average Bonchev–Trinajstić information content (AvgIpc) is 2.08. The van der Waals surface area contributed by atoms with Crippen molar-refractivity contribution in [1.82, 2.24) is 0 Å². The fourth-order valence-electron chi connectivity index (χ4n) is 2.57. The highest BCUT2D eigenvalue weighted by Gasteiger charge is 2.39. The van der Waals surface area contributed by atoms with Gasteiger partial charge < -0.3 is 0 Å². The van der Waals surface area contributed by atoms with Crippen LogP contribution in [0.3, 0.4) is 0 Å². The second kappa shape index (κ2) is 4.63. The Kier molecular flexibility index (Phi) is 4.12. The zero-order chi connectivity index (χ0) is 11.7. The molecule has 0 aromatic carbocycles. The third kappa shape index (κ3) is 3.36. The zero-order valence-corrected chi connectivity index (χ0v) is 10.00. The molecule has 1 aliphatic rings. The molecule has 0 heterocycles. The van der Waals surface area contributed by atoms with Crippen LogP contribution in [0.4, 0.5) is 0 Å². The smallest absolute Gasteiger partial charge is 0.0582 e. The average molecular weight is 194 g/mol. The lowest BCUT2D eigenvalue weighted by atomic mass is 9.44. The summed E-state index contributed by atoms with van der Waals surface area (Å²) in [4.78, 5) is 0. The molecule has 0 N–H and O–H groups in total. The first kappa shape index (κ1) is 13.3. The maximum atomic E-state index is 5.91. The van der Waals surface area contributed by atoms with Crippen LogP contribution in [0.15, 0.2) is 0 Å². The molecular formula is C11H18B4. The molecule has 1 aliphatic carbocycles. The van der Waals surface area contributed by atoms with E-state index in [-0.39, 0.29) is 16.8 Å². The van der Waals surface area contributed by atoms with E-state index < -0.39 is 0 Å². The van der Waals surface area contributed by atoms with Crippen LogP contribution in [-0.2, 0) is 0 Å². The molecule has 15 heavy (non-hydrogen) atoms. The van der Waals surface area contributed by atoms with Crippen molar-refractivity contribution in [3.05, 3.63) is 0 Å². The Hall–Kier alpha value is 0.260. The van der Waals surface area contributed by atoms with Crippen molar-refractivity contribution < 1.29 is 0 Å². The minimum atomic E-state index is -0.305. The summed E-state index contributed by atoms with van der Waals surface area (Å²) in [6.07, 6.45) is 5.14. The molecule has 74 valence electrons. The van der Waals surface area contributed by atoms with Gasteiger partial charge in [0.2, 0.25) is 0 Å². The van der Waals surface area contributed by atoms with E-state index in [1.54, 1.807) is 0 Å². The lowest BCUT2D eigenvalue weighted by molar-refractivity contribution is 0.105. The van der Waals surface area contributed by atoms with Crippen molar-refractivity contribution in [2.24, 2.45) is 10.8 Å². The minimum absolute atomic E-state index is 0.0380. The topological polar surface area (TPSA) is 0 Å². The Morgan fingerprint density at radius 3 is 1.73 bits per heavy atom. The van der Waals surface area contributed by atoms with Gasteiger partial charge in [-0.05, 0) is 36.5 Å². The van der Waals surface area contributed by atoms with Gasteiger partial charge in [0.25, 0.3) is 0 Å². The monoisotopic (exact) mass is 194 g/mol. The lowest BCUT2D eigenvalue weighted by Gasteiger charge is -2.48. The van der Waals surface area contributed by atoms with Gasteiger partial charge in [-0.1, -0.05) is 20.3 Å². The summed E-state index contributed by atoms with van der Waals surface area (Å²) in [6, 6.07) is 0. The molecule has 0 amide bonds. The van der Waals surface area contributed by atoms with Crippen molar-refractivity contribution in [2.75, 3.05) is 0 Å². The molecule has 1 fully saturated rings. The molecule has 1 saturated carbocycles. The quantitative estimate of drug-likeness (QED) is 0.603. The second-order valence-electron chi connectivity index (χ2n) is 5.92. The summed E-state index contributed by atoms with van der Waals surface area (Å²) < 4.78 is 0. The Bertz CT molecular complexity index is 201. The van der Waals surface area contributed by atoms with Gasteiger partial charge in [-0.25, -0.2) is 0 Å². The molecular weight excluding hydrogens is 175 g/mol. The van der Waals surface area contributed by atoms with Gasteiger partial charge in [0.05, 0.1) is 31.4 Å². The van der Waals surface area contributed by atoms with Crippen LogP contribution in [0.25, 0.3) is 0 Å². The van der Waals surface area contributed by atoms with Crippen molar-refractivity contribution in [3.8, 4) is 0 Å².